The molecule has 0 atom stereocenters. The lowest BCUT2D eigenvalue weighted by Gasteiger charge is -2.38. The van der Waals surface area contributed by atoms with Crippen molar-refractivity contribution in [3.63, 3.8) is 0 Å². The third-order valence-electron chi connectivity index (χ3n) is 5.74. The number of benzene rings is 2. The second-order valence-electron chi connectivity index (χ2n) is 7.77. The highest BCUT2D eigenvalue weighted by atomic mass is 16.2. The first-order chi connectivity index (χ1) is 15.2. The van der Waals surface area contributed by atoms with Crippen LogP contribution in [0.25, 0.3) is 5.69 Å². The van der Waals surface area contributed by atoms with Crippen LogP contribution in [0.1, 0.15) is 46.9 Å². The zero-order valence-electron chi connectivity index (χ0n) is 17.7. The molecule has 0 spiro atoms. The van der Waals surface area contributed by atoms with Crippen molar-refractivity contribution in [3.8, 4) is 5.69 Å². The Morgan fingerprint density at radius 3 is 2.32 bits per heavy atom. The molecule has 160 valence electrons. The van der Waals surface area contributed by atoms with Gasteiger partial charge in [0.2, 0.25) is 0 Å². The lowest BCUT2D eigenvalue weighted by atomic mass is 10.0. The van der Waals surface area contributed by atoms with Crippen molar-refractivity contribution in [1.29, 1.82) is 0 Å². The van der Waals surface area contributed by atoms with Gasteiger partial charge in [-0.05, 0) is 55.7 Å². The summed E-state index contributed by atoms with van der Waals surface area (Å²) in [7, 11) is 0. The largest absolute Gasteiger partial charge is 0.338 e. The summed E-state index contributed by atoms with van der Waals surface area (Å²) >= 11 is 0. The zero-order valence-corrected chi connectivity index (χ0v) is 17.7. The van der Waals surface area contributed by atoms with Crippen molar-refractivity contribution in [2.24, 2.45) is 0 Å². The van der Waals surface area contributed by atoms with Crippen LogP contribution in [0.3, 0.4) is 0 Å². The molecule has 1 fully saturated rings. The van der Waals surface area contributed by atoms with Gasteiger partial charge < -0.3 is 9.80 Å². The highest BCUT2D eigenvalue weighted by Gasteiger charge is 2.30. The predicted molar refractivity (Wildman–Crippen MR) is 118 cm³/mol. The van der Waals surface area contributed by atoms with E-state index in [1.807, 2.05) is 64.4 Å². The normalized spacial score (nSPS) is 14.4. The second kappa shape index (κ2) is 9.55. The van der Waals surface area contributed by atoms with Gasteiger partial charge in [0.1, 0.15) is 12.7 Å². The van der Waals surface area contributed by atoms with Gasteiger partial charge >= 0.3 is 0 Å². The molecule has 31 heavy (non-hydrogen) atoms. The average molecular weight is 418 g/mol. The first-order valence-electron chi connectivity index (χ1n) is 10.8. The third-order valence-corrected chi connectivity index (χ3v) is 5.74. The number of amides is 2. The van der Waals surface area contributed by atoms with Crippen LogP contribution in [-0.2, 0) is 0 Å². The molecule has 0 saturated carbocycles. The quantitative estimate of drug-likeness (QED) is 0.616. The van der Waals surface area contributed by atoms with Crippen LogP contribution in [0.2, 0.25) is 0 Å². The molecular weight excluding hydrogens is 390 g/mol. The predicted octanol–water partition coefficient (Wildman–Crippen LogP) is 3.42. The van der Waals surface area contributed by atoms with E-state index in [2.05, 4.69) is 17.0 Å². The highest BCUT2D eigenvalue weighted by Crippen LogP contribution is 2.21. The van der Waals surface area contributed by atoms with Crippen molar-refractivity contribution >= 4 is 11.8 Å². The molecule has 3 aromatic rings. The Bertz CT molecular complexity index is 994. The first-order valence-corrected chi connectivity index (χ1v) is 10.8. The molecule has 1 saturated heterocycles. The first kappa shape index (κ1) is 20.8. The fourth-order valence-corrected chi connectivity index (χ4v) is 4.10. The molecule has 0 N–H and O–H groups in total. The maximum Gasteiger partial charge on any atom is 0.254 e. The van der Waals surface area contributed by atoms with Crippen molar-refractivity contribution < 1.29 is 9.59 Å². The summed E-state index contributed by atoms with van der Waals surface area (Å²) in [6, 6.07) is 17.0. The molecule has 7 nitrogen and oxygen atoms in total. The molecule has 7 heteroatoms. The fraction of sp³-hybridized carbons (Fsp3) is 0.333. The minimum absolute atomic E-state index is 0.0415. The van der Waals surface area contributed by atoms with Crippen molar-refractivity contribution in [2.45, 2.75) is 32.2 Å². The zero-order chi connectivity index (χ0) is 21.6. The van der Waals surface area contributed by atoms with E-state index >= 15 is 0 Å². The van der Waals surface area contributed by atoms with Crippen molar-refractivity contribution in [2.75, 3.05) is 19.6 Å². The maximum atomic E-state index is 13.3. The van der Waals surface area contributed by atoms with Crippen molar-refractivity contribution in [3.05, 3.63) is 78.4 Å². The van der Waals surface area contributed by atoms with Crippen LogP contribution in [0, 0.1) is 0 Å². The van der Waals surface area contributed by atoms with E-state index < -0.39 is 0 Å². The number of likely N-dealkylation sites (tertiary alicyclic amines) is 1. The number of nitrogens with zero attached hydrogens (tertiary/aromatic N) is 5. The highest BCUT2D eigenvalue weighted by molar-refractivity contribution is 5.95. The Labute approximate surface area is 182 Å². The molecule has 2 heterocycles. The Kier molecular flexibility index (Phi) is 6.40. The summed E-state index contributed by atoms with van der Waals surface area (Å²) in [4.78, 5) is 33.8. The minimum Gasteiger partial charge on any atom is -0.338 e. The Balaban J connectivity index is 1.42. The van der Waals surface area contributed by atoms with Gasteiger partial charge in [0.15, 0.2) is 0 Å². The van der Waals surface area contributed by atoms with Gasteiger partial charge in [-0.2, -0.15) is 5.10 Å². The molecule has 1 aliphatic heterocycles. The molecule has 2 aromatic carbocycles. The van der Waals surface area contributed by atoms with Gasteiger partial charge in [-0.3, -0.25) is 9.59 Å². The standard InChI is InChI=1S/C24H27N5O2/c1-2-14-28(24(31)20-8-10-22(11-9-20)29-18-25-17-26-29)21-12-15-27(16-13-21)23(30)19-6-4-3-5-7-19/h3-11,17-18,21H,2,12-16H2,1H3. The summed E-state index contributed by atoms with van der Waals surface area (Å²) in [6.07, 6.45) is 5.59. The van der Waals surface area contributed by atoms with Crippen LogP contribution < -0.4 is 0 Å². The molecule has 0 aliphatic carbocycles. The van der Waals surface area contributed by atoms with Gasteiger partial charge in [0.25, 0.3) is 11.8 Å². The Morgan fingerprint density at radius 2 is 1.71 bits per heavy atom. The molecule has 2 amide bonds. The summed E-state index contributed by atoms with van der Waals surface area (Å²) < 4.78 is 1.66. The van der Waals surface area contributed by atoms with E-state index in [1.165, 1.54) is 6.33 Å². The third kappa shape index (κ3) is 4.66. The number of rotatable bonds is 6. The van der Waals surface area contributed by atoms with Crippen LogP contribution in [0.5, 0.6) is 0 Å². The SMILES string of the molecule is CCCN(C(=O)c1ccc(-n2cncn2)cc1)C1CCN(C(=O)c2ccccc2)CC1. The molecule has 0 bridgehead atoms. The molecular formula is C24H27N5O2. The summed E-state index contributed by atoms with van der Waals surface area (Å²) in [5.74, 6) is 0.107. The average Bonchev–Trinajstić information content (AvgIpc) is 3.38. The van der Waals surface area contributed by atoms with E-state index in [9.17, 15) is 9.59 Å². The smallest absolute Gasteiger partial charge is 0.254 e. The maximum absolute atomic E-state index is 13.3. The molecule has 0 unspecified atom stereocenters. The molecule has 4 rings (SSSR count). The van der Waals surface area contributed by atoms with Gasteiger partial charge in [-0.1, -0.05) is 25.1 Å². The van der Waals surface area contributed by atoms with Gasteiger partial charge in [-0.25, -0.2) is 9.67 Å². The number of piperidine rings is 1. The van der Waals surface area contributed by atoms with Gasteiger partial charge in [0, 0.05) is 36.8 Å². The van der Waals surface area contributed by atoms with Crippen LogP contribution >= 0.6 is 0 Å². The summed E-state index contributed by atoms with van der Waals surface area (Å²) in [5.41, 5.74) is 2.25. The topological polar surface area (TPSA) is 71.3 Å². The Hall–Kier alpha value is -3.48. The molecule has 0 radical (unpaired) electrons. The lowest BCUT2D eigenvalue weighted by molar-refractivity contribution is 0.0519. The number of carbonyl (C=O) groups excluding carboxylic acids is 2. The van der Waals surface area contributed by atoms with E-state index in [0.29, 0.717) is 25.2 Å². The number of hydrogen-bond donors (Lipinski definition) is 0. The second-order valence-corrected chi connectivity index (χ2v) is 7.77. The minimum atomic E-state index is 0.0415. The number of hydrogen-bond acceptors (Lipinski definition) is 4. The lowest BCUT2D eigenvalue weighted by Crippen LogP contribution is -2.49. The van der Waals surface area contributed by atoms with E-state index in [0.717, 1.165) is 30.5 Å². The van der Waals surface area contributed by atoms with Crippen LogP contribution in [0.15, 0.2) is 67.3 Å². The molecule has 1 aromatic heterocycles. The Morgan fingerprint density at radius 1 is 1.00 bits per heavy atom. The van der Waals surface area contributed by atoms with Crippen LogP contribution in [0.4, 0.5) is 0 Å². The molecule has 1 aliphatic rings. The number of aromatic nitrogens is 3. The fourth-order valence-electron chi connectivity index (χ4n) is 4.10. The van der Waals surface area contributed by atoms with E-state index in [4.69, 9.17) is 0 Å². The van der Waals surface area contributed by atoms with E-state index in [-0.39, 0.29) is 17.9 Å². The van der Waals surface area contributed by atoms with Crippen LogP contribution in [-0.4, -0.2) is 62.1 Å². The van der Waals surface area contributed by atoms with Crippen molar-refractivity contribution in [1.82, 2.24) is 24.6 Å². The number of carbonyl (C=O) groups is 2. The van der Waals surface area contributed by atoms with Gasteiger partial charge in [0.05, 0.1) is 5.69 Å². The summed E-state index contributed by atoms with van der Waals surface area (Å²) in [6.45, 7) is 4.12. The van der Waals surface area contributed by atoms with E-state index in [1.54, 1.807) is 11.0 Å². The monoisotopic (exact) mass is 417 g/mol. The summed E-state index contributed by atoms with van der Waals surface area (Å²) in [5, 5.41) is 4.12. The van der Waals surface area contributed by atoms with Gasteiger partial charge in [-0.15, -0.1) is 0 Å².